The molecule has 0 unspecified atom stereocenters. The fraction of sp³-hybridized carbons (Fsp3) is 0.0714. The molecule has 4 aromatic heterocycles. The van der Waals surface area contributed by atoms with E-state index in [1.807, 2.05) is 19.1 Å². The van der Waals surface area contributed by atoms with Crippen molar-refractivity contribution < 1.29 is 4.79 Å². The molecular formula is C14H11N7OS. The molecule has 4 aromatic rings. The molecule has 0 fully saturated rings. The minimum absolute atomic E-state index is 0.208. The Labute approximate surface area is 134 Å². The highest BCUT2D eigenvalue weighted by Gasteiger charge is 2.13. The van der Waals surface area contributed by atoms with Crippen molar-refractivity contribution in [1.29, 1.82) is 0 Å². The number of imidazole rings is 1. The molecule has 23 heavy (non-hydrogen) atoms. The maximum Gasteiger partial charge on any atom is 0.276 e. The van der Waals surface area contributed by atoms with Crippen molar-refractivity contribution in [2.24, 2.45) is 0 Å². The molecule has 0 bridgehead atoms. The largest absolute Gasteiger partial charge is 0.343 e. The van der Waals surface area contributed by atoms with Crippen LogP contribution in [0.1, 0.15) is 15.4 Å². The van der Waals surface area contributed by atoms with Gasteiger partial charge < -0.3 is 4.98 Å². The van der Waals surface area contributed by atoms with Crippen molar-refractivity contribution in [3.05, 3.63) is 41.2 Å². The van der Waals surface area contributed by atoms with E-state index >= 15 is 0 Å². The van der Waals surface area contributed by atoms with Gasteiger partial charge in [0.25, 0.3) is 5.91 Å². The van der Waals surface area contributed by atoms with E-state index in [1.165, 1.54) is 11.2 Å². The van der Waals surface area contributed by atoms with Crippen LogP contribution in [0.15, 0.2) is 30.6 Å². The van der Waals surface area contributed by atoms with Crippen molar-refractivity contribution in [2.75, 3.05) is 5.32 Å². The molecule has 0 aliphatic rings. The number of pyridine rings is 1. The molecule has 0 atom stereocenters. The number of thiophene rings is 1. The number of aromatic nitrogens is 6. The number of aryl methyl sites for hydroxylation is 1. The number of aromatic amines is 2. The van der Waals surface area contributed by atoms with Crippen LogP contribution in [0.2, 0.25) is 0 Å². The second kappa shape index (κ2) is 5.29. The first kappa shape index (κ1) is 13.6. The summed E-state index contributed by atoms with van der Waals surface area (Å²) >= 11 is 1.60. The second-order valence-corrected chi connectivity index (χ2v) is 6.13. The van der Waals surface area contributed by atoms with E-state index in [0.717, 1.165) is 10.4 Å². The number of carbonyl (C=O) groups excluding carboxylic acids is 1. The second-order valence-electron chi connectivity index (χ2n) is 4.84. The third-order valence-corrected chi connectivity index (χ3v) is 4.21. The van der Waals surface area contributed by atoms with Crippen molar-refractivity contribution >= 4 is 34.4 Å². The first-order valence-corrected chi connectivity index (χ1v) is 7.61. The van der Waals surface area contributed by atoms with Crippen LogP contribution in [-0.4, -0.2) is 36.0 Å². The number of fused-ring (bicyclic) bond motifs is 1. The zero-order chi connectivity index (χ0) is 15.8. The standard InChI is InChI=1S/C14H11N7OS/c1-7-2-5-10(23-7)12-18-14(21-20-12)19-13(22)9-4-3-8-11(17-9)16-6-15-8/h2-6H,1H3,(H,15,16,17)(H2,18,19,20,21,22). The predicted molar refractivity (Wildman–Crippen MR) is 86.3 cm³/mol. The lowest BCUT2D eigenvalue weighted by Gasteiger charge is -1.99. The smallest absolute Gasteiger partial charge is 0.276 e. The zero-order valence-electron chi connectivity index (χ0n) is 12.0. The average Bonchev–Trinajstić information content (AvgIpc) is 3.26. The van der Waals surface area contributed by atoms with Gasteiger partial charge in [0.15, 0.2) is 11.5 Å². The van der Waals surface area contributed by atoms with E-state index in [0.29, 0.717) is 11.5 Å². The van der Waals surface area contributed by atoms with Gasteiger partial charge in [0.1, 0.15) is 5.69 Å². The molecule has 0 aliphatic carbocycles. The highest BCUT2D eigenvalue weighted by molar-refractivity contribution is 7.15. The number of anilines is 1. The maximum absolute atomic E-state index is 12.2. The molecular weight excluding hydrogens is 314 g/mol. The third kappa shape index (κ3) is 2.57. The summed E-state index contributed by atoms with van der Waals surface area (Å²) in [7, 11) is 0. The van der Waals surface area contributed by atoms with Crippen LogP contribution < -0.4 is 5.32 Å². The molecule has 0 spiro atoms. The summed E-state index contributed by atoms with van der Waals surface area (Å²) in [4.78, 5) is 29.8. The molecule has 0 aliphatic heterocycles. The molecule has 0 saturated carbocycles. The predicted octanol–water partition coefficient (Wildman–Crippen LogP) is 2.37. The van der Waals surface area contributed by atoms with Gasteiger partial charge in [-0.15, -0.1) is 16.4 Å². The highest BCUT2D eigenvalue weighted by Crippen LogP contribution is 2.25. The lowest BCUT2D eigenvalue weighted by molar-refractivity contribution is 0.102. The number of amides is 1. The molecule has 3 N–H and O–H groups in total. The van der Waals surface area contributed by atoms with E-state index in [-0.39, 0.29) is 17.5 Å². The topological polar surface area (TPSA) is 112 Å². The first-order chi connectivity index (χ1) is 11.2. The Hall–Kier alpha value is -3.07. The number of hydrogen-bond donors (Lipinski definition) is 3. The van der Waals surface area contributed by atoms with Gasteiger partial charge in [0.05, 0.1) is 16.7 Å². The Morgan fingerprint density at radius 1 is 1.22 bits per heavy atom. The molecule has 8 nitrogen and oxygen atoms in total. The molecule has 9 heteroatoms. The van der Waals surface area contributed by atoms with E-state index < -0.39 is 0 Å². The van der Waals surface area contributed by atoms with Crippen molar-refractivity contribution in [2.45, 2.75) is 6.92 Å². The average molecular weight is 325 g/mol. The van der Waals surface area contributed by atoms with Crippen LogP contribution in [0.4, 0.5) is 5.95 Å². The molecule has 0 radical (unpaired) electrons. The molecule has 0 saturated heterocycles. The molecule has 4 rings (SSSR count). The molecule has 114 valence electrons. The molecule has 1 amide bonds. The van der Waals surface area contributed by atoms with E-state index in [9.17, 15) is 4.79 Å². The lowest BCUT2D eigenvalue weighted by atomic mass is 10.3. The number of carbonyl (C=O) groups is 1. The number of nitrogens with one attached hydrogen (secondary N) is 3. The summed E-state index contributed by atoms with van der Waals surface area (Å²) in [5.41, 5.74) is 1.51. The Morgan fingerprint density at radius 3 is 2.96 bits per heavy atom. The fourth-order valence-corrected chi connectivity index (χ4v) is 2.91. The summed E-state index contributed by atoms with van der Waals surface area (Å²) in [5, 5.41) is 9.45. The van der Waals surface area contributed by atoms with E-state index in [2.05, 4.69) is 35.5 Å². The number of rotatable bonds is 3. The third-order valence-electron chi connectivity index (χ3n) is 3.20. The van der Waals surface area contributed by atoms with E-state index in [1.54, 1.807) is 23.5 Å². The first-order valence-electron chi connectivity index (χ1n) is 6.80. The number of H-pyrrole nitrogens is 2. The van der Waals surface area contributed by atoms with Gasteiger partial charge in [-0.1, -0.05) is 0 Å². The Balaban J connectivity index is 1.55. The van der Waals surface area contributed by atoms with E-state index in [4.69, 9.17) is 0 Å². The van der Waals surface area contributed by atoms with Gasteiger partial charge in [0.2, 0.25) is 5.95 Å². The number of hydrogen-bond acceptors (Lipinski definition) is 6. The van der Waals surface area contributed by atoms with Crippen LogP contribution >= 0.6 is 11.3 Å². The van der Waals surface area contributed by atoms with Crippen LogP contribution in [0.3, 0.4) is 0 Å². The Kier molecular flexibility index (Phi) is 3.12. The summed E-state index contributed by atoms with van der Waals surface area (Å²) in [6.45, 7) is 2.02. The summed E-state index contributed by atoms with van der Waals surface area (Å²) in [6, 6.07) is 7.33. The van der Waals surface area contributed by atoms with Gasteiger partial charge in [-0.25, -0.2) is 9.97 Å². The van der Waals surface area contributed by atoms with Gasteiger partial charge in [-0.3, -0.25) is 15.2 Å². The van der Waals surface area contributed by atoms with Crippen LogP contribution in [0.25, 0.3) is 21.9 Å². The van der Waals surface area contributed by atoms with Gasteiger partial charge >= 0.3 is 0 Å². The SMILES string of the molecule is Cc1ccc(-c2nc(NC(=O)c3ccc4[nH]cnc4n3)n[nH]2)s1. The summed E-state index contributed by atoms with van der Waals surface area (Å²) in [6.07, 6.45) is 1.53. The fourth-order valence-electron chi connectivity index (χ4n) is 2.10. The van der Waals surface area contributed by atoms with Crippen molar-refractivity contribution in [3.8, 4) is 10.7 Å². The maximum atomic E-state index is 12.2. The normalized spacial score (nSPS) is 11.0. The monoisotopic (exact) mass is 325 g/mol. The van der Waals surface area contributed by atoms with Gasteiger partial charge in [0, 0.05) is 4.88 Å². The van der Waals surface area contributed by atoms with Gasteiger partial charge in [-0.05, 0) is 31.2 Å². The minimum atomic E-state index is -0.386. The van der Waals surface area contributed by atoms with Crippen LogP contribution in [-0.2, 0) is 0 Å². The quantitative estimate of drug-likeness (QED) is 0.535. The summed E-state index contributed by atoms with van der Waals surface area (Å²) < 4.78 is 0. The van der Waals surface area contributed by atoms with Crippen molar-refractivity contribution in [3.63, 3.8) is 0 Å². The van der Waals surface area contributed by atoms with Gasteiger partial charge in [-0.2, -0.15) is 4.98 Å². The van der Waals surface area contributed by atoms with Crippen LogP contribution in [0, 0.1) is 6.92 Å². The zero-order valence-corrected chi connectivity index (χ0v) is 12.8. The minimum Gasteiger partial charge on any atom is -0.343 e. The Morgan fingerprint density at radius 2 is 2.13 bits per heavy atom. The van der Waals surface area contributed by atoms with Crippen molar-refractivity contribution in [1.82, 2.24) is 30.1 Å². The number of nitrogens with zero attached hydrogens (tertiary/aromatic N) is 4. The van der Waals surface area contributed by atoms with Crippen LogP contribution in [0.5, 0.6) is 0 Å². The summed E-state index contributed by atoms with van der Waals surface area (Å²) in [5.74, 6) is 0.442. The molecule has 0 aromatic carbocycles. The highest BCUT2D eigenvalue weighted by atomic mass is 32.1. The Bertz CT molecular complexity index is 999. The molecule has 4 heterocycles. The lowest BCUT2D eigenvalue weighted by Crippen LogP contribution is -2.14.